The molecule has 2 aliphatic rings. The number of likely N-dealkylation sites (N-methyl/N-ethyl adjacent to an activating group) is 1. The molecule has 0 aliphatic carbocycles. The lowest BCUT2D eigenvalue weighted by atomic mass is 10.1. The summed E-state index contributed by atoms with van der Waals surface area (Å²) >= 11 is 12.3. The maximum absolute atomic E-state index is 14.5. The van der Waals surface area contributed by atoms with Crippen molar-refractivity contribution in [3.63, 3.8) is 0 Å². The number of hydrazine groups is 1. The zero-order valence-electron chi connectivity index (χ0n) is 24.3. The van der Waals surface area contributed by atoms with Gasteiger partial charge in [-0.2, -0.15) is 49.4 Å². The van der Waals surface area contributed by atoms with Crippen LogP contribution < -0.4 is 5.01 Å². The average molecular weight is 700 g/mol. The Hall–Kier alpha value is -3.25. The molecule has 0 aromatic heterocycles. The minimum atomic E-state index is -5.68. The van der Waals surface area contributed by atoms with E-state index in [0.717, 1.165) is 7.05 Å². The molecule has 1 aromatic carbocycles. The highest BCUT2D eigenvalue weighted by atomic mass is 35.5. The number of carbonyl (C=O) groups excluding carboxylic acids is 2. The first-order valence-corrected chi connectivity index (χ1v) is 13.2. The van der Waals surface area contributed by atoms with Gasteiger partial charge < -0.3 is 9.47 Å². The molecule has 0 radical (unpaired) electrons. The number of halogens is 11. The van der Waals surface area contributed by atoms with Crippen LogP contribution >= 0.6 is 23.2 Å². The van der Waals surface area contributed by atoms with Gasteiger partial charge in [-0.3, -0.25) is 5.01 Å². The molecule has 20 heteroatoms. The summed E-state index contributed by atoms with van der Waals surface area (Å²) in [5.74, 6) is -3.46. The Morgan fingerprint density at radius 3 is 1.60 bits per heavy atom. The quantitative estimate of drug-likeness (QED) is 0.289. The van der Waals surface area contributed by atoms with Gasteiger partial charge in [-0.15, -0.1) is 0 Å². The van der Waals surface area contributed by atoms with Crippen LogP contribution in [0.1, 0.15) is 47.1 Å². The Kier molecular flexibility index (Phi) is 9.28. The number of anilines is 1. The minimum Gasteiger partial charge on any atom is -0.443 e. The van der Waals surface area contributed by atoms with Crippen molar-refractivity contribution >= 4 is 52.6 Å². The van der Waals surface area contributed by atoms with Crippen LogP contribution in [0.25, 0.3) is 0 Å². The van der Waals surface area contributed by atoms with Gasteiger partial charge in [-0.05, 0) is 53.7 Å². The molecule has 250 valence electrons. The fourth-order valence-electron chi connectivity index (χ4n) is 3.99. The Morgan fingerprint density at radius 2 is 1.24 bits per heavy atom. The van der Waals surface area contributed by atoms with E-state index in [2.05, 4.69) is 9.98 Å². The summed E-state index contributed by atoms with van der Waals surface area (Å²) < 4.78 is 135. The first-order valence-electron chi connectivity index (χ1n) is 12.4. The SMILES string of the molecule is CN1C2N=C(C(F)(F)F)N=C(C(F)(F)F)C2=C(N(C(=O)OC(C)(C)C)C(=O)OC(C)(C)C)N1c1c(Cl)cc(C(F)(F)F)cc1Cl. The van der Waals surface area contributed by atoms with E-state index in [-0.39, 0.29) is 4.90 Å². The third-order valence-corrected chi connectivity index (χ3v) is 6.10. The molecule has 0 fully saturated rings. The normalized spacial score (nSPS) is 18.4. The standard InChI is InChI=1S/C25H24Cl2F9N5O4/c1-21(2,3)44-19(42)40(20(43)45-22(4,5)6)17-13-15(24(31,32)33)37-18(25(34,35)36)38-16(13)39(7)41(17)14-11(26)8-10(9-12(14)27)23(28,29)30/h8-9,16H,1-7H3. The Balaban J connectivity index is 2.53. The van der Waals surface area contributed by atoms with Crippen molar-refractivity contribution in [2.24, 2.45) is 9.98 Å². The van der Waals surface area contributed by atoms with Crippen molar-refractivity contribution in [1.82, 2.24) is 9.91 Å². The molecule has 45 heavy (non-hydrogen) atoms. The van der Waals surface area contributed by atoms with Crippen LogP contribution in [-0.2, 0) is 15.7 Å². The van der Waals surface area contributed by atoms with Gasteiger partial charge in [0, 0.05) is 7.05 Å². The summed E-state index contributed by atoms with van der Waals surface area (Å²) in [6, 6.07) is 0.657. The van der Waals surface area contributed by atoms with Gasteiger partial charge in [-0.1, -0.05) is 23.2 Å². The zero-order valence-corrected chi connectivity index (χ0v) is 25.8. The Bertz CT molecular complexity index is 1440. The lowest BCUT2D eigenvalue weighted by Crippen LogP contribution is -2.49. The van der Waals surface area contributed by atoms with Crippen molar-refractivity contribution in [3.05, 3.63) is 39.1 Å². The maximum atomic E-state index is 14.5. The van der Waals surface area contributed by atoms with Crippen molar-refractivity contribution in [1.29, 1.82) is 0 Å². The van der Waals surface area contributed by atoms with Gasteiger partial charge in [0.1, 0.15) is 11.2 Å². The molecule has 0 N–H and O–H groups in total. The second-order valence-electron chi connectivity index (χ2n) is 11.5. The van der Waals surface area contributed by atoms with E-state index in [0.29, 0.717) is 22.2 Å². The second-order valence-corrected chi connectivity index (χ2v) is 12.3. The third-order valence-electron chi connectivity index (χ3n) is 5.53. The highest BCUT2D eigenvalue weighted by Crippen LogP contribution is 2.48. The molecule has 1 unspecified atom stereocenters. The third kappa shape index (κ3) is 7.77. The summed E-state index contributed by atoms with van der Waals surface area (Å²) in [7, 11) is 0.862. The molecule has 0 bridgehead atoms. The number of hydrogen-bond donors (Lipinski definition) is 0. The largest absolute Gasteiger partial charge is 0.451 e. The number of ether oxygens (including phenoxy) is 2. The summed E-state index contributed by atoms with van der Waals surface area (Å²) in [5, 5.41) is -0.809. The van der Waals surface area contributed by atoms with E-state index >= 15 is 0 Å². The number of imide groups is 1. The van der Waals surface area contributed by atoms with Gasteiger partial charge in [0.05, 0.1) is 26.9 Å². The summed E-state index contributed by atoms with van der Waals surface area (Å²) in [5.41, 5.74) is -8.56. The first kappa shape index (κ1) is 36.2. The smallest absolute Gasteiger partial charge is 0.443 e. The topological polar surface area (TPSA) is 87.0 Å². The fraction of sp³-hybridized carbons (Fsp3) is 0.520. The van der Waals surface area contributed by atoms with Gasteiger partial charge in [0.15, 0.2) is 17.7 Å². The van der Waals surface area contributed by atoms with Crippen LogP contribution in [0, 0.1) is 0 Å². The molecule has 2 amide bonds. The maximum Gasteiger partial charge on any atom is 0.451 e. The molecule has 2 aliphatic heterocycles. The van der Waals surface area contributed by atoms with Gasteiger partial charge >= 0.3 is 30.7 Å². The number of rotatable bonds is 2. The number of amidine groups is 1. The van der Waals surface area contributed by atoms with Crippen molar-refractivity contribution in [2.75, 3.05) is 12.1 Å². The lowest BCUT2D eigenvalue weighted by Gasteiger charge is -2.36. The number of aliphatic imine (C=N–C) groups is 2. The first-order chi connectivity index (χ1) is 20.0. The second kappa shape index (κ2) is 11.5. The molecule has 1 atom stereocenters. The fourth-order valence-corrected chi connectivity index (χ4v) is 4.64. The minimum absolute atomic E-state index is 0.0813. The van der Waals surface area contributed by atoms with E-state index in [1.807, 2.05) is 0 Å². The van der Waals surface area contributed by atoms with Crippen LogP contribution in [0.2, 0.25) is 10.0 Å². The molecule has 1 aromatic rings. The van der Waals surface area contributed by atoms with Crippen LogP contribution in [0.3, 0.4) is 0 Å². The molecule has 2 heterocycles. The van der Waals surface area contributed by atoms with E-state index < -0.39 is 92.3 Å². The highest BCUT2D eigenvalue weighted by molar-refractivity contribution is 6.39. The number of carbonyl (C=O) groups is 2. The molecular weight excluding hydrogens is 676 g/mol. The Labute approximate surface area is 259 Å². The number of amides is 2. The summed E-state index contributed by atoms with van der Waals surface area (Å²) in [4.78, 5) is 33.0. The van der Waals surface area contributed by atoms with Crippen molar-refractivity contribution < 1.29 is 58.6 Å². The van der Waals surface area contributed by atoms with Gasteiger partial charge in [-0.25, -0.2) is 19.6 Å². The predicted molar refractivity (Wildman–Crippen MR) is 144 cm³/mol. The van der Waals surface area contributed by atoms with E-state index in [1.54, 1.807) is 0 Å². The lowest BCUT2D eigenvalue weighted by molar-refractivity contribution is -0.137. The van der Waals surface area contributed by atoms with E-state index in [1.165, 1.54) is 41.5 Å². The number of nitrogens with zero attached hydrogens (tertiary/aromatic N) is 5. The highest BCUT2D eigenvalue weighted by Gasteiger charge is 2.57. The van der Waals surface area contributed by atoms with Gasteiger partial charge in [0.2, 0.25) is 5.84 Å². The van der Waals surface area contributed by atoms with Crippen LogP contribution in [-0.4, -0.2) is 70.4 Å². The molecule has 0 spiro atoms. The van der Waals surface area contributed by atoms with Gasteiger partial charge in [0.25, 0.3) is 0 Å². The number of alkyl halides is 9. The van der Waals surface area contributed by atoms with Crippen molar-refractivity contribution in [3.8, 4) is 0 Å². The van der Waals surface area contributed by atoms with Crippen LogP contribution in [0.4, 0.5) is 54.8 Å². The van der Waals surface area contributed by atoms with E-state index in [9.17, 15) is 49.1 Å². The number of fused-ring (bicyclic) bond motifs is 1. The number of benzene rings is 1. The van der Waals surface area contributed by atoms with E-state index in [4.69, 9.17) is 32.7 Å². The molecule has 9 nitrogen and oxygen atoms in total. The molecule has 0 saturated carbocycles. The monoisotopic (exact) mass is 699 g/mol. The average Bonchev–Trinajstić information content (AvgIpc) is 3.06. The summed E-state index contributed by atoms with van der Waals surface area (Å²) in [6.07, 6.45) is -21.9. The Morgan fingerprint density at radius 1 is 0.800 bits per heavy atom. The molecule has 3 rings (SSSR count). The number of hydrogen-bond acceptors (Lipinski definition) is 8. The zero-order chi connectivity index (χ0) is 34.8. The molecular formula is C25H24Cl2F9N5O4. The summed E-state index contributed by atoms with van der Waals surface area (Å²) in [6.45, 7) is 7.94. The predicted octanol–water partition coefficient (Wildman–Crippen LogP) is 8.37. The molecule has 0 saturated heterocycles. The van der Waals surface area contributed by atoms with Crippen LogP contribution in [0.5, 0.6) is 0 Å². The van der Waals surface area contributed by atoms with Crippen LogP contribution in [0.15, 0.2) is 33.5 Å². The van der Waals surface area contributed by atoms with Crippen molar-refractivity contribution in [2.45, 2.75) is 77.4 Å².